The van der Waals surface area contributed by atoms with Crippen molar-refractivity contribution in [1.82, 2.24) is 10.2 Å². The van der Waals surface area contributed by atoms with Gasteiger partial charge in [0.05, 0.1) is 0 Å². The van der Waals surface area contributed by atoms with Crippen LogP contribution in [0.15, 0.2) is 0 Å². The number of carbonyl (C=O) groups is 1. The van der Waals surface area contributed by atoms with Gasteiger partial charge in [0, 0.05) is 20.6 Å². The van der Waals surface area contributed by atoms with E-state index in [2.05, 4.69) is 21.6 Å². The first-order valence-electron chi connectivity index (χ1n) is 5.53. The summed E-state index contributed by atoms with van der Waals surface area (Å²) in [4.78, 5) is 10.4. The van der Waals surface area contributed by atoms with Crippen LogP contribution in [0.25, 0.3) is 0 Å². The Kier molecular flexibility index (Phi) is 12.9. The van der Waals surface area contributed by atoms with Crippen molar-refractivity contribution in [2.75, 3.05) is 19.9 Å². The van der Waals surface area contributed by atoms with Crippen LogP contribution in [-0.2, 0) is 25.7 Å². The maximum absolute atomic E-state index is 11.2. The predicted octanol–water partition coefficient (Wildman–Crippen LogP) is 1.76. The highest BCUT2D eigenvalue weighted by molar-refractivity contribution is 8.55. The van der Waals surface area contributed by atoms with Gasteiger partial charge in [0.25, 0.3) is 0 Å². The van der Waals surface area contributed by atoms with E-state index >= 15 is 0 Å². The van der Waals surface area contributed by atoms with Crippen LogP contribution in [-0.4, -0.2) is 25.8 Å². The van der Waals surface area contributed by atoms with E-state index in [0.717, 1.165) is 30.8 Å². The van der Waals surface area contributed by atoms with Crippen molar-refractivity contribution in [1.29, 1.82) is 0 Å². The molecule has 0 spiro atoms. The number of carbonyl (C=O) groups excluding carboxylic acids is 1. The smallest absolute Gasteiger partial charge is 0.309 e. The third-order valence-corrected chi connectivity index (χ3v) is 6.48. The van der Waals surface area contributed by atoms with Gasteiger partial charge in [0.2, 0.25) is 5.91 Å². The van der Waals surface area contributed by atoms with Gasteiger partial charge in [-0.05, 0) is 24.5 Å². The Hall–Kier alpha value is 0.540. The summed E-state index contributed by atoms with van der Waals surface area (Å²) >= 11 is 5.76. The monoisotopic (exact) mass is 350 g/mol. The van der Waals surface area contributed by atoms with E-state index in [9.17, 15) is 9.36 Å². The Morgan fingerprint density at radius 1 is 1.47 bits per heavy atom. The Morgan fingerprint density at radius 2 is 2.00 bits per heavy atom. The van der Waals surface area contributed by atoms with Gasteiger partial charge in [-0.1, -0.05) is 24.7 Å². The summed E-state index contributed by atoms with van der Waals surface area (Å²) in [5.74, 6) is -0.348. The molecule has 0 aromatic rings. The van der Waals surface area contributed by atoms with Crippen molar-refractivity contribution in [2.24, 2.45) is 11.0 Å². The number of rotatable bonds is 7. The third-order valence-electron chi connectivity index (χ3n) is 1.66. The minimum atomic E-state index is -2.92. The number of unbranched alkanes of at least 4 members (excludes halogenated alkanes) is 1. The summed E-state index contributed by atoms with van der Waals surface area (Å²) in [5, 5.41) is 5.12. The number of nitrogens with two attached hydrogens (primary N) is 2. The van der Waals surface area contributed by atoms with Gasteiger partial charge in [0.15, 0.2) is 0 Å². The maximum Gasteiger partial charge on any atom is 0.352 e. The molecule has 1 unspecified atom stereocenters. The van der Waals surface area contributed by atoms with Crippen LogP contribution >= 0.6 is 24.6 Å². The second kappa shape index (κ2) is 11.2. The molecule has 116 valence electrons. The fourth-order valence-corrected chi connectivity index (χ4v) is 3.39. The van der Waals surface area contributed by atoms with Crippen LogP contribution in [0.1, 0.15) is 26.7 Å². The van der Waals surface area contributed by atoms with E-state index in [4.69, 9.17) is 22.8 Å². The van der Waals surface area contributed by atoms with E-state index in [-0.39, 0.29) is 5.91 Å². The molecule has 0 heterocycles. The van der Waals surface area contributed by atoms with Crippen LogP contribution in [0.4, 0.5) is 0 Å². The molecule has 0 rings (SSSR count). The molecule has 0 aromatic carbocycles. The minimum Gasteiger partial charge on any atom is -0.309 e. The lowest BCUT2D eigenvalue weighted by Crippen LogP contribution is -2.22. The number of amides is 1. The zero-order valence-corrected chi connectivity index (χ0v) is 15.1. The SMILES string of the molecule is CCCCNP(N)(N)=S.COP(=O)(NC(C)=O)SC. The number of nitrogens with one attached hydrogen (secondary N) is 2. The van der Waals surface area contributed by atoms with Gasteiger partial charge in [-0.15, -0.1) is 0 Å². The molecule has 0 bridgehead atoms. The van der Waals surface area contributed by atoms with Gasteiger partial charge in [-0.2, -0.15) is 0 Å². The molecular formula is C8H24N4O3P2S2. The largest absolute Gasteiger partial charge is 0.352 e. The molecular weight excluding hydrogens is 326 g/mol. The molecule has 11 heteroatoms. The zero-order valence-electron chi connectivity index (χ0n) is 11.7. The summed E-state index contributed by atoms with van der Waals surface area (Å²) in [6.07, 6.45) is 3.84. The quantitative estimate of drug-likeness (QED) is 0.405. The van der Waals surface area contributed by atoms with Crippen LogP contribution in [0.5, 0.6) is 0 Å². The molecule has 7 nitrogen and oxygen atoms in total. The average Bonchev–Trinajstić information content (AvgIpc) is 2.28. The van der Waals surface area contributed by atoms with Gasteiger partial charge in [-0.3, -0.25) is 30.5 Å². The van der Waals surface area contributed by atoms with Gasteiger partial charge in [0.1, 0.15) is 6.49 Å². The zero-order chi connectivity index (χ0) is 15.5. The van der Waals surface area contributed by atoms with E-state index in [1.54, 1.807) is 6.26 Å². The minimum absolute atomic E-state index is 0.348. The predicted molar refractivity (Wildman–Crippen MR) is 87.5 cm³/mol. The van der Waals surface area contributed by atoms with Crippen molar-refractivity contribution in [3.05, 3.63) is 0 Å². The molecule has 19 heavy (non-hydrogen) atoms. The second-order valence-electron chi connectivity index (χ2n) is 3.50. The first-order valence-corrected chi connectivity index (χ1v) is 11.9. The molecule has 1 atom stereocenters. The average molecular weight is 350 g/mol. The maximum atomic E-state index is 11.2. The highest BCUT2D eigenvalue weighted by atomic mass is 32.7. The second-order valence-corrected chi connectivity index (χ2v) is 11.5. The van der Waals surface area contributed by atoms with Crippen LogP contribution in [0.3, 0.4) is 0 Å². The van der Waals surface area contributed by atoms with E-state index < -0.39 is 13.2 Å². The molecule has 0 fully saturated rings. The topological polar surface area (TPSA) is 119 Å². The van der Waals surface area contributed by atoms with Crippen LogP contribution in [0.2, 0.25) is 0 Å². The summed E-state index contributed by atoms with van der Waals surface area (Å²) in [5.41, 5.74) is 10.7. The lowest BCUT2D eigenvalue weighted by Gasteiger charge is -2.11. The molecule has 0 saturated carbocycles. The fourth-order valence-electron chi connectivity index (χ4n) is 0.789. The van der Waals surface area contributed by atoms with E-state index in [1.165, 1.54) is 14.0 Å². The first-order chi connectivity index (χ1) is 8.60. The highest BCUT2D eigenvalue weighted by Gasteiger charge is 2.20. The molecule has 0 aromatic heterocycles. The normalized spacial score (nSPS) is 14.0. The highest BCUT2D eigenvalue weighted by Crippen LogP contribution is 2.53. The third kappa shape index (κ3) is 16.5. The van der Waals surface area contributed by atoms with Crippen LogP contribution in [0, 0.1) is 0 Å². The van der Waals surface area contributed by atoms with E-state index in [1.807, 2.05) is 0 Å². The Balaban J connectivity index is 0. The first kappa shape index (κ1) is 21.8. The van der Waals surface area contributed by atoms with E-state index in [0.29, 0.717) is 0 Å². The number of hydrogen-bond acceptors (Lipinski definition) is 5. The van der Waals surface area contributed by atoms with Crippen LogP contribution < -0.4 is 21.2 Å². The molecule has 0 aliphatic rings. The molecule has 0 radical (unpaired) electrons. The molecule has 0 saturated heterocycles. The fraction of sp³-hybridized carbons (Fsp3) is 0.875. The molecule has 6 N–H and O–H groups in total. The van der Waals surface area contributed by atoms with Crippen molar-refractivity contribution in [3.63, 3.8) is 0 Å². The Morgan fingerprint density at radius 3 is 2.21 bits per heavy atom. The van der Waals surface area contributed by atoms with Crippen molar-refractivity contribution < 1.29 is 13.9 Å². The molecule has 0 aliphatic heterocycles. The Labute approximate surface area is 124 Å². The van der Waals surface area contributed by atoms with Gasteiger partial charge in [-0.25, -0.2) is 0 Å². The summed E-state index contributed by atoms with van der Waals surface area (Å²) in [6, 6.07) is 0. The van der Waals surface area contributed by atoms with Gasteiger partial charge >= 0.3 is 6.72 Å². The molecule has 1 amide bonds. The summed E-state index contributed by atoms with van der Waals surface area (Å²) in [7, 11) is 1.30. The number of hydrogen-bond donors (Lipinski definition) is 4. The standard InChI is InChI=1S/C4H14N3PS.C4H10NO3PS/c1-2-3-4-7-8(5,6)9;1-4(6)5-9(7,8-2)10-3/h2-4H2,1H3,(H5,5,6,7,9);1-3H3,(H,5,6,7). The lowest BCUT2D eigenvalue weighted by atomic mass is 10.3. The Bertz CT molecular complexity index is 343. The van der Waals surface area contributed by atoms with Gasteiger partial charge < -0.3 is 4.52 Å². The molecule has 0 aliphatic carbocycles. The van der Waals surface area contributed by atoms with Crippen molar-refractivity contribution in [3.8, 4) is 0 Å². The summed E-state index contributed by atoms with van der Waals surface area (Å²) < 4.78 is 15.8. The summed E-state index contributed by atoms with van der Waals surface area (Å²) in [6.45, 7) is -0.781. The lowest BCUT2D eigenvalue weighted by molar-refractivity contribution is -0.117. The van der Waals surface area contributed by atoms with Crippen molar-refractivity contribution >= 4 is 42.3 Å². The van der Waals surface area contributed by atoms with Crippen molar-refractivity contribution in [2.45, 2.75) is 26.7 Å².